The molecule has 1 N–H and O–H groups in total. The number of hydrogen-bond acceptors (Lipinski definition) is 6. The van der Waals surface area contributed by atoms with Gasteiger partial charge in [0.05, 0.1) is 19.9 Å². The van der Waals surface area contributed by atoms with Crippen LogP contribution >= 0.6 is 0 Å². The second kappa shape index (κ2) is 8.22. The van der Waals surface area contributed by atoms with Crippen molar-refractivity contribution in [3.05, 3.63) is 30.5 Å². The van der Waals surface area contributed by atoms with E-state index in [1.165, 1.54) is 0 Å². The van der Waals surface area contributed by atoms with Crippen molar-refractivity contribution < 1.29 is 9.47 Å². The standard InChI is InChI=1S/C17H24N4O2/c1-5-6-11-21(2)17-18-10-9-16(20-17)19-14-8-7-13(22-3)12-15(14)23-4/h7-10,12H,5-6,11H2,1-4H3,(H,18,19,20). The van der Waals surface area contributed by atoms with Gasteiger partial charge in [-0.05, 0) is 24.6 Å². The van der Waals surface area contributed by atoms with Gasteiger partial charge in [0.1, 0.15) is 17.3 Å². The Bertz CT molecular complexity index is 634. The lowest BCUT2D eigenvalue weighted by atomic mass is 10.2. The fraction of sp³-hybridized carbons (Fsp3) is 0.412. The Labute approximate surface area is 137 Å². The molecule has 0 aliphatic heterocycles. The van der Waals surface area contributed by atoms with E-state index in [2.05, 4.69) is 27.1 Å². The molecule has 0 bridgehead atoms. The van der Waals surface area contributed by atoms with Gasteiger partial charge in [-0.1, -0.05) is 13.3 Å². The zero-order valence-corrected chi connectivity index (χ0v) is 14.2. The van der Waals surface area contributed by atoms with Crippen LogP contribution in [0.25, 0.3) is 0 Å². The molecule has 6 nitrogen and oxygen atoms in total. The van der Waals surface area contributed by atoms with Crippen molar-refractivity contribution in [2.75, 3.05) is 38.0 Å². The number of methoxy groups -OCH3 is 2. The third-order valence-electron chi connectivity index (χ3n) is 3.50. The van der Waals surface area contributed by atoms with Gasteiger partial charge in [-0.15, -0.1) is 0 Å². The number of hydrogen-bond donors (Lipinski definition) is 1. The van der Waals surface area contributed by atoms with Gasteiger partial charge in [-0.2, -0.15) is 4.98 Å². The van der Waals surface area contributed by atoms with Crippen molar-refractivity contribution in [2.24, 2.45) is 0 Å². The molecule has 2 aromatic rings. The maximum absolute atomic E-state index is 5.39. The van der Waals surface area contributed by atoms with Crippen molar-refractivity contribution >= 4 is 17.5 Å². The number of anilines is 3. The van der Waals surface area contributed by atoms with Crippen molar-refractivity contribution in [2.45, 2.75) is 19.8 Å². The smallest absolute Gasteiger partial charge is 0.227 e. The Hall–Kier alpha value is -2.50. The molecule has 2 rings (SSSR count). The first-order valence-electron chi connectivity index (χ1n) is 7.71. The zero-order chi connectivity index (χ0) is 16.7. The fourth-order valence-corrected chi connectivity index (χ4v) is 2.14. The summed E-state index contributed by atoms with van der Waals surface area (Å²) in [6, 6.07) is 7.44. The summed E-state index contributed by atoms with van der Waals surface area (Å²) < 4.78 is 10.6. The topological polar surface area (TPSA) is 59.5 Å². The molecule has 0 saturated heterocycles. The zero-order valence-electron chi connectivity index (χ0n) is 14.2. The van der Waals surface area contributed by atoms with E-state index in [9.17, 15) is 0 Å². The van der Waals surface area contributed by atoms with Gasteiger partial charge >= 0.3 is 0 Å². The van der Waals surface area contributed by atoms with Gasteiger partial charge in [0.25, 0.3) is 0 Å². The number of aromatic nitrogens is 2. The molecular formula is C17H24N4O2. The first-order chi connectivity index (χ1) is 11.2. The number of unbranched alkanes of at least 4 members (excludes halogenated alkanes) is 1. The van der Waals surface area contributed by atoms with Crippen LogP contribution in [-0.4, -0.2) is 37.8 Å². The molecule has 124 valence electrons. The first kappa shape index (κ1) is 16.9. The number of rotatable bonds is 8. The van der Waals surface area contributed by atoms with Gasteiger partial charge in [-0.25, -0.2) is 4.98 Å². The van der Waals surface area contributed by atoms with E-state index in [0.29, 0.717) is 11.7 Å². The monoisotopic (exact) mass is 316 g/mol. The normalized spacial score (nSPS) is 10.3. The predicted octanol–water partition coefficient (Wildman–Crippen LogP) is 3.47. The minimum absolute atomic E-state index is 0.698. The molecule has 0 saturated carbocycles. The van der Waals surface area contributed by atoms with E-state index in [1.54, 1.807) is 20.4 Å². The third kappa shape index (κ3) is 4.48. The van der Waals surface area contributed by atoms with Crippen molar-refractivity contribution in [1.29, 1.82) is 0 Å². The molecule has 1 aromatic carbocycles. The maximum Gasteiger partial charge on any atom is 0.227 e. The van der Waals surface area contributed by atoms with E-state index in [1.807, 2.05) is 31.3 Å². The van der Waals surface area contributed by atoms with Crippen molar-refractivity contribution in [3.8, 4) is 11.5 Å². The summed E-state index contributed by atoms with van der Waals surface area (Å²) in [6.07, 6.45) is 4.01. The highest BCUT2D eigenvalue weighted by molar-refractivity contribution is 5.66. The van der Waals surface area contributed by atoms with Gasteiger partial charge < -0.3 is 19.7 Å². The second-order valence-electron chi connectivity index (χ2n) is 5.21. The van der Waals surface area contributed by atoms with Crippen molar-refractivity contribution in [1.82, 2.24) is 9.97 Å². The summed E-state index contributed by atoms with van der Waals surface area (Å²) in [7, 11) is 5.26. The third-order valence-corrected chi connectivity index (χ3v) is 3.50. The van der Waals surface area contributed by atoms with E-state index >= 15 is 0 Å². The molecule has 6 heteroatoms. The van der Waals surface area contributed by atoms with Crippen molar-refractivity contribution in [3.63, 3.8) is 0 Å². The Balaban J connectivity index is 2.17. The molecule has 0 unspecified atom stereocenters. The fourth-order valence-electron chi connectivity index (χ4n) is 2.14. The molecule has 0 aliphatic rings. The van der Waals surface area contributed by atoms with Crippen LogP contribution in [0.3, 0.4) is 0 Å². The SMILES string of the molecule is CCCCN(C)c1nccc(Nc2ccc(OC)cc2OC)n1. The highest BCUT2D eigenvalue weighted by Gasteiger charge is 2.08. The number of ether oxygens (including phenoxy) is 2. The first-order valence-corrected chi connectivity index (χ1v) is 7.71. The molecule has 0 atom stereocenters. The van der Waals surface area contributed by atoms with Crippen LogP contribution in [0, 0.1) is 0 Å². The average Bonchev–Trinajstić information content (AvgIpc) is 2.60. The minimum atomic E-state index is 0.698. The molecule has 0 fully saturated rings. The summed E-state index contributed by atoms with van der Waals surface area (Å²) in [6.45, 7) is 3.11. The van der Waals surface area contributed by atoms with Gasteiger partial charge in [0.2, 0.25) is 5.95 Å². The van der Waals surface area contributed by atoms with Crippen LogP contribution in [0.5, 0.6) is 11.5 Å². The van der Waals surface area contributed by atoms with Crippen LogP contribution in [0.1, 0.15) is 19.8 Å². The summed E-state index contributed by atoms with van der Waals surface area (Å²) in [5.74, 6) is 2.87. The molecule has 1 heterocycles. The molecular weight excluding hydrogens is 292 g/mol. The number of benzene rings is 1. The summed E-state index contributed by atoms with van der Waals surface area (Å²) in [5, 5.41) is 3.27. The molecule has 0 aliphatic carbocycles. The van der Waals surface area contributed by atoms with Crippen LogP contribution in [0.4, 0.5) is 17.5 Å². The molecule has 0 amide bonds. The Morgan fingerprint density at radius 2 is 2.00 bits per heavy atom. The quantitative estimate of drug-likeness (QED) is 0.804. The predicted molar refractivity (Wildman–Crippen MR) is 93.0 cm³/mol. The minimum Gasteiger partial charge on any atom is -0.497 e. The van der Waals surface area contributed by atoms with E-state index < -0.39 is 0 Å². The average molecular weight is 316 g/mol. The number of nitrogens with zero attached hydrogens (tertiary/aromatic N) is 3. The molecule has 0 spiro atoms. The number of nitrogens with one attached hydrogen (secondary N) is 1. The van der Waals surface area contributed by atoms with Crippen LogP contribution < -0.4 is 19.7 Å². The van der Waals surface area contributed by atoms with Gasteiger partial charge in [0, 0.05) is 25.9 Å². The van der Waals surface area contributed by atoms with E-state index in [0.717, 1.165) is 36.6 Å². The lowest BCUT2D eigenvalue weighted by Gasteiger charge is -2.17. The summed E-state index contributed by atoms with van der Waals surface area (Å²) in [4.78, 5) is 10.9. The summed E-state index contributed by atoms with van der Waals surface area (Å²) in [5.41, 5.74) is 0.828. The lowest BCUT2D eigenvalue weighted by molar-refractivity contribution is 0.395. The second-order valence-corrected chi connectivity index (χ2v) is 5.21. The molecule has 23 heavy (non-hydrogen) atoms. The Morgan fingerprint density at radius 3 is 2.70 bits per heavy atom. The maximum atomic E-state index is 5.39. The molecule has 0 radical (unpaired) electrons. The van der Waals surface area contributed by atoms with Crippen LogP contribution in [0.15, 0.2) is 30.5 Å². The Kier molecular flexibility index (Phi) is 6.02. The largest absolute Gasteiger partial charge is 0.497 e. The summed E-state index contributed by atoms with van der Waals surface area (Å²) >= 11 is 0. The van der Waals surface area contributed by atoms with Crippen LogP contribution in [-0.2, 0) is 0 Å². The highest BCUT2D eigenvalue weighted by atomic mass is 16.5. The molecule has 1 aromatic heterocycles. The van der Waals surface area contributed by atoms with E-state index in [-0.39, 0.29) is 0 Å². The van der Waals surface area contributed by atoms with Gasteiger partial charge in [-0.3, -0.25) is 0 Å². The van der Waals surface area contributed by atoms with Crippen LogP contribution in [0.2, 0.25) is 0 Å². The Morgan fingerprint density at radius 1 is 1.17 bits per heavy atom. The van der Waals surface area contributed by atoms with E-state index in [4.69, 9.17) is 9.47 Å². The van der Waals surface area contributed by atoms with Gasteiger partial charge in [0.15, 0.2) is 0 Å². The highest BCUT2D eigenvalue weighted by Crippen LogP contribution is 2.31. The lowest BCUT2D eigenvalue weighted by Crippen LogP contribution is -2.21.